The normalized spacial score (nSPS) is 11.8. The smallest absolute Gasteiger partial charge is 0.246 e. The molecular weight excluding hydrogens is 350 g/mol. The summed E-state index contributed by atoms with van der Waals surface area (Å²) in [6.45, 7) is 7.37. The van der Waals surface area contributed by atoms with Crippen LogP contribution in [-0.4, -0.2) is 17.9 Å². The molecule has 5 nitrogen and oxygen atoms in total. The monoisotopic (exact) mass is 373 g/mol. The molecule has 3 N–H and O–H groups in total. The van der Waals surface area contributed by atoms with E-state index in [2.05, 4.69) is 16.0 Å². The molecule has 0 saturated heterocycles. The molecule has 0 spiro atoms. The second-order valence-corrected chi connectivity index (χ2v) is 6.97. The lowest BCUT2D eigenvalue weighted by atomic mass is 10.2. The minimum atomic E-state index is -0.440. The van der Waals surface area contributed by atoms with Crippen molar-refractivity contribution in [3.05, 3.63) is 53.1 Å². The molecule has 0 saturated carbocycles. The number of carbonyl (C=O) groups excluding carboxylic acids is 2. The second-order valence-electron chi connectivity index (χ2n) is 6.54. The number of hydrogen-bond donors (Lipinski definition) is 3. The first-order valence-electron chi connectivity index (χ1n) is 8.50. The molecule has 0 bridgehead atoms. The van der Waals surface area contributed by atoms with Gasteiger partial charge < -0.3 is 16.0 Å². The molecule has 2 rings (SSSR count). The zero-order valence-electron chi connectivity index (χ0n) is 15.4. The Morgan fingerprint density at radius 1 is 0.885 bits per heavy atom. The molecule has 26 heavy (non-hydrogen) atoms. The highest BCUT2D eigenvalue weighted by Gasteiger charge is 2.14. The number of halogens is 1. The van der Waals surface area contributed by atoms with Gasteiger partial charge in [0.05, 0.1) is 0 Å². The van der Waals surface area contributed by atoms with Gasteiger partial charge in [-0.25, -0.2) is 0 Å². The fraction of sp³-hybridized carbons (Fsp3) is 0.300. The summed E-state index contributed by atoms with van der Waals surface area (Å²) in [6.07, 6.45) is 0. The van der Waals surface area contributed by atoms with Crippen LogP contribution in [0.25, 0.3) is 0 Å². The Morgan fingerprint density at radius 3 is 2.12 bits per heavy atom. The van der Waals surface area contributed by atoms with Gasteiger partial charge in [0, 0.05) is 28.0 Å². The lowest BCUT2D eigenvalue weighted by Gasteiger charge is -2.17. The number of aryl methyl sites for hydroxylation is 1. The average Bonchev–Trinajstić information content (AvgIpc) is 2.59. The molecule has 1 atom stereocenters. The molecule has 0 aromatic heterocycles. The predicted octanol–water partition coefficient (Wildman–Crippen LogP) is 4.68. The van der Waals surface area contributed by atoms with Gasteiger partial charge in [-0.3, -0.25) is 9.59 Å². The van der Waals surface area contributed by atoms with Crippen LogP contribution in [0.15, 0.2) is 42.5 Å². The summed E-state index contributed by atoms with van der Waals surface area (Å²) in [7, 11) is 0. The molecule has 2 amide bonds. The van der Waals surface area contributed by atoms with E-state index in [1.807, 2.05) is 39.0 Å². The molecule has 6 heteroatoms. The molecule has 0 radical (unpaired) electrons. The van der Waals surface area contributed by atoms with E-state index < -0.39 is 6.04 Å². The van der Waals surface area contributed by atoms with Crippen molar-refractivity contribution in [3.8, 4) is 0 Å². The maximum Gasteiger partial charge on any atom is 0.246 e. The molecule has 0 fully saturated rings. The number of carbonyl (C=O) groups is 2. The van der Waals surface area contributed by atoms with E-state index in [-0.39, 0.29) is 17.7 Å². The van der Waals surface area contributed by atoms with E-state index >= 15 is 0 Å². The van der Waals surface area contributed by atoms with E-state index in [0.717, 1.165) is 16.9 Å². The third kappa shape index (κ3) is 5.49. The number of rotatable bonds is 6. The van der Waals surface area contributed by atoms with Crippen molar-refractivity contribution >= 4 is 40.5 Å². The Balaban J connectivity index is 1.96. The summed E-state index contributed by atoms with van der Waals surface area (Å²) in [5.41, 5.74) is 3.15. The minimum absolute atomic E-state index is 0.0321. The lowest BCUT2D eigenvalue weighted by molar-refractivity contribution is -0.119. The molecule has 138 valence electrons. The van der Waals surface area contributed by atoms with Crippen LogP contribution in [0.1, 0.15) is 26.3 Å². The van der Waals surface area contributed by atoms with Crippen LogP contribution in [0.5, 0.6) is 0 Å². The summed E-state index contributed by atoms with van der Waals surface area (Å²) < 4.78 is 0. The van der Waals surface area contributed by atoms with Gasteiger partial charge in [-0.1, -0.05) is 31.5 Å². The van der Waals surface area contributed by atoms with Crippen molar-refractivity contribution in [2.24, 2.45) is 5.92 Å². The molecule has 0 aliphatic rings. The molecule has 2 aromatic carbocycles. The number of benzene rings is 2. The van der Waals surface area contributed by atoms with E-state index in [1.165, 1.54) is 0 Å². The number of hydrogen-bond acceptors (Lipinski definition) is 3. The van der Waals surface area contributed by atoms with Crippen LogP contribution in [0.4, 0.5) is 17.1 Å². The highest BCUT2D eigenvalue weighted by molar-refractivity contribution is 6.31. The van der Waals surface area contributed by atoms with Crippen molar-refractivity contribution in [2.45, 2.75) is 33.7 Å². The van der Waals surface area contributed by atoms with Gasteiger partial charge in [0.2, 0.25) is 11.8 Å². The van der Waals surface area contributed by atoms with Gasteiger partial charge in [-0.2, -0.15) is 0 Å². The molecule has 0 aliphatic heterocycles. The Labute approximate surface area is 159 Å². The van der Waals surface area contributed by atoms with Crippen molar-refractivity contribution in [1.82, 2.24) is 0 Å². The number of nitrogens with one attached hydrogen (secondary N) is 3. The zero-order chi connectivity index (χ0) is 19.3. The van der Waals surface area contributed by atoms with Crippen molar-refractivity contribution < 1.29 is 9.59 Å². The van der Waals surface area contributed by atoms with Gasteiger partial charge in [0.1, 0.15) is 6.04 Å². The van der Waals surface area contributed by atoms with E-state index in [0.29, 0.717) is 10.7 Å². The van der Waals surface area contributed by atoms with Crippen LogP contribution in [0, 0.1) is 12.8 Å². The summed E-state index contributed by atoms with van der Waals surface area (Å²) in [4.78, 5) is 24.1. The summed E-state index contributed by atoms with van der Waals surface area (Å²) in [5, 5.41) is 9.42. The maximum atomic E-state index is 12.4. The van der Waals surface area contributed by atoms with Crippen molar-refractivity contribution in [3.63, 3.8) is 0 Å². The molecule has 1 unspecified atom stereocenters. The van der Waals surface area contributed by atoms with Gasteiger partial charge in [-0.05, 0) is 55.8 Å². The molecule has 2 aromatic rings. The average molecular weight is 374 g/mol. The van der Waals surface area contributed by atoms with Crippen LogP contribution in [0.2, 0.25) is 5.02 Å². The van der Waals surface area contributed by atoms with E-state index in [4.69, 9.17) is 11.6 Å². The quantitative estimate of drug-likeness (QED) is 0.688. The number of anilines is 3. The lowest BCUT2D eigenvalue weighted by Crippen LogP contribution is -2.32. The Kier molecular flexibility index (Phi) is 6.64. The topological polar surface area (TPSA) is 70.2 Å². The molecular formula is C20H24ClN3O2. The van der Waals surface area contributed by atoms with E-state index in [1.54, 1.807) is 31.2 Å². The van der Waals surface area contributed by atoms with Crippen LogP contribution in [0.3, 0.4) is 0 Å². The summed E-state index contributed by atoms with van der Waals surface area (Å²) in [5.74, 6) is -0.269. The third-order valence-electron chi connectivity index (χ3n) is 3.91. The Bertz CT molecular complexity index is 788. The first-order valence-corrected chi connectivity index (χ1v) is 8.88. The maximum absolute atomic E-state index is 12.4. The molecule has 0 aliphatic carbocycles. The van der Waals surface area contributed by atoms with Gasteiger partial charge >= 0.3 is 0 Å². The third-order valence-corrected chi connectivity index (χ3v) is 4.15. The first kappa shape index (κ1) is 19.8. The summed E-state index contributed by atoms with van der Waals surface area (Å²) in [6, 6.07) is 12.2. The zero-order valence-corrected chi connectivity index (χ0v) is 16.1. The van der Waals surface area contributed by atoms with Crippen LogP contribution < -0.4 is 16.0 Å². The minimum Gasteiger partial charge on any atom is -0.374 e. The first-order chi connectivity index (χ1) is 12.3. The predicted molar refractivity (Wildman–Crippen MR) is 108 cm³/mol. The van der Waals surface area contributed by atoms with Crippen molar-refractivity contribution in [2.75, 3.05) is 16.0 Å². The van der Waals surface area contributed by atoms with Crippen LogP contribution in [-0.2, 0) is 9.59 Å². The van der Waals surface area contributed by atoms with Gasteiger partial charge in [0.25, 0.3) is 0 Å². The van der Waals surface area contributed by atoms with Gasteiger partial charge in [-0.15, -0.1) is 0 Å². The fourth-order valence-corrected chi connectivity index (χ4v) is 2.39. The van der Waals surface area contributed by atoms with Gasteiger partial charge in [0.15, 0.2) is 0 Å². The SMILES string of the molecule is Cc1ccc(Cl)cc1NC(=O)C(C)Nc1ccc(NC(=O)C(C)C)cc1. The Hall–Kier alpha value is -2.53. The fourth-order valence-electron chi connectivity index (χ4n) is 2.22. The molecule has 0 heterocycles. The van der Waals surface area contributed by atoms with Crippen LogP contribution >= 0.6 is 11.6 Å². The van der Waals surface area contributed by atoms with Crippen molar-refractivity contribution in [1.29, 1.82) is 0 Å². The highest BCUT2D eigenvalue weighted by atomic mass is 35.5. The Morgan fingerprint density at radius 2 is 1.50 bits per heavy atom. The highest BCUT2D eigenvalue weighted by Crippen LogP contribution is 2.21. The standard InChI is InChI=1S/C20H24ClN3O2/c1-12(2)19(25)23-17-9-7-16(8-10-17)22-14(4)20(26)24-18-11-15(21)6-5-13(18)3/h5-12,14,22H,1-4H3,(H,23,25)(H,24,26). The van der Waals surface area contributed by atoms with E-state index in [9.17, 15) is 9.59 Å². The largest absolute Gasteiger partial charge is 0.374 e. The number of amides is 2. The summed E-state index contributed by atoms with van der Waals surface area (Å²) >= 11 is 5.98. The second kappa shape index (κ2) is 8.72.